The van der Waals surface area contributed by atoms with Gasteiger partial charge in [-0.2, -0.15) is 0 Å². The minimum Gasteiger partial charge on any atom is -0.392 e. The summed E-state index contributed by atoms with van der Waals surface area (Å²) in [6, 6.07) is 4.63. The minimum atomic E-state index is -2.40. The van der Waals surface area contributed by atoms with E-state index in [0.29, 0.717) is 5.56 Å². The maximum atomic E-state index is 9.10. The van der Waals surface area contributed by atoms with E-state index in [0.717, 1.165) is 4.47 Å². The number of hydrogen-bond donors (Lipinski definition) is 2. The molecule has 0 atom stereocenters. The normalized spacial score (nSPS) is 14.1. The van der Waals surface area contributed by atoms with Gasteiger partial charge in [-0.25, -0.2) is 0 Å². The van der Waals surface area contributed by atoms with Crippen LogP contribution in [0.3, 0.4) is 0 Å². The molecular weight excluding hydrogens is 208 g/mol. The molecule has 1 aromatic carbocycles. The zero-order chi connectivity index (χ0) is 10.1. The molecule has 0 aliphatic rings. The smallest absolute Gasteiger partial charge is 0.0685 e. The van der Waals surface area contributed by atoms with E-state index in [1.165, 1.54) is 6.07 Å². The van der Waals surface area contributed by atoms with Crippen molar-refractivity contribution in [2.45, 2.75) is 13.2 Å². The Bertz CT molecular complexity index is 310. The Hall–Kier alpha value is -0.380. The third-order valence-corrected chi connectivity index (χ3v) is 1.85. The average molecular weight is 219 g/mol. The number of aliphatic hydroxyl groups excluding tert-OH is 1. The average Bonchev–Trinajstić information content (AvgIpc) is 2.01. The number of rotatable bonds is 2. The fraction of sp³-hybridized carbons (Fsp3) is 0.250. The quantitative estimate of drug-likeness (QED) is 0.789. The maximum Gasteiger partial charge on any atom is 0.0685 e. The molecule has 60 valence electrons. The van der Waals surface area contributed by atoms with Crippen LogP contribution in [0.25, 0.3) is 0 Å². The Morgan fingerprint density at radius 3 is 2.64 bits per heavy atom. The van der Waals surface area contributed by atoms with Crippen LogP contribution in [-0.2, 0) is 13.2 Å². The van der Waals surface area contributed by atoms with E-state index >= 15 is 0 Å². The van der Waals surface area contributed by atoms with Gasteiger partial charge in [-0.1, -0.05) is 22.0 Å². The lowest BCUT2D eigenvalue weighted by Crippen LogP contribution is -1.92. The van der Waals surface area contributed by atoms with Gasteiger partial charge in [0, 0.05) is 4.47 Å². The summed E-state index contributed by atoms with van der Waals surface area (Å²) in [6.07, 6.45) is 0. The lowest BCUT2D eigenvalue weighted by molar-refractivity contribution is 0.260. The van der Waals surface area contributed by atoms with Crippen molar-refractivity contribution in [1.82, 2.24) is 0 Å². The molecule has 0 fully saturated rings. The van der Waals surface area contributed by atoms with Gasteiger partial charge < -0.3 is 10.2 Å². The molecule has 11 heavy (non-hydrogen) atoms. The molecular formula is C8H9BrO2. The molecule has 0 aliphatic heterocycles. The first-order chi connectivity index (χ1) is 5.95. The van der Waals surface area contributed by atoms with E-state index < -0.39 is 6.56 Å². The third-order valence-electron chi connectivity index (χ3n) is 1.36. The predicted octanol–water partition coefficient (Wildman–Crippen LogP) is 1.43. The molecule has 0 amide bonds. The number of hydrogen-bond acceptors (Lipinski definition) is 2. The summed E-state index contributed by atoms with van der Waals surface area (Å²) in [6.45, 7) is -2.70. The maximum absolute atomic E-state index is 9.10. The van der Waals surface area contributed by atoms with E-state index in [-0.39, 0.29) is 12.2 Å². The molecule has 2 N–H and O–H groups in total. The van der Waals surface area contributed by atoms with Crippen LogP contribution in [0.4, 0.5) is 0 Å². The first-order valence-electron chi connectivity index (χ1n) is 4.07. The van der Waals surface area contributed by atoms with Crippen molar-refractivity contribution in [3.8, 4) is 0 Å². The topological polar surface area (TPSA) is 40.5 Å². The Labute approximate surface area is 76.4 Å². The van der Waals surface area contributed by atoms with Gasteiger partial charge in [0.15, 0.2) is 0 Å². The van der Waals surface area contributed by atoms with Crippen molar-refractivity contribution in [3.63, 3.8) is 0 Å². The third kappa shape index (κ3) is 2.02. The van der Waals surface area contributed by atoms with Crippen LogP contribution in [-0.4, -0.2) is 10.2 Å². The zero-order valence-corrected chi connectivity index (χ0v) is 7.30. The van der Waals surface area contributed by atoms with Crippen molar-refractivity contribution >= 4 is 15.9 Å². The van der Waals surface area contributed by atoms with Gasteiger partial charge in [0.25, 0.3) is 0 Å². The highest BCUT2D eigenvalue weighted by Crippen LogP contribution is 2.16. The van der Waals surface area contributed by atoms with Crippen molar-refractivity contribution in [2.24, 2.45) is 0 Å². The van der Waals surface area contributed by atoms with E-state index in [1.54, 1.807) is 12.1 Å². The number of aliphatic hydroxyl groups is 2. The number of halogens is 1. The highest BCUT2D eigenvalue weighted by Gasteiger charge is 1.99. The summed E-state index contributed by atoms with van der Waals surface area (Å²) in [5.74, 6) is 0. The van der Waals surface area contributed by atoms with E-state index in [1.807, 2.05) is 0 Å². The van der Waals surface area contributed by atoms with Crippen molar-refractivity contribution in [3.05, 3.63) is 33.8 Å². The van der Waals surface area contributed by atoms with Gasteiger partial charge in [0.05, 0.1) is 15.9 Å². The predicted molar refractivity (Wildman–Crippen MR) is 46.0 cm³/mol. The Balaban J connectivity index is 3.22. The highest BCUT2D eigenvalue weighted by molar-refractivity contribution is 9.10. The zero-order valence-electron chi connectivity index (χ0n) is 7.71. The summed E-state index contributed by atoms with van der Waals surface area (Å²) < 4.78 is 14.9. The van der Waals surface area contributed by atoms with Crippen LogP contribution in [0.5, 0.6) is 0 Å². The fourth-order valence-corrected chi connectivity index (χ4v) is 1.21. The minimum absolute atomic E-state index is 0.0956. The molecule has 0 aliphatic carbocycles. The van der Waals surface area contributed by atoms with Crippen LogP contribution in [0.1, 0.15) is 13.9 Å². The van der Waals surface area contributed by atoms with Crippen LogP contribution in [0.2, 0.25) is 0 Å². The lowest BCUT2D eigenvalue weighted by atomic mass is 10.1. The molecule has 0 radical (unpaired) electrons. The molecule has 2 nitrogen and oxygen atoms in total. The molecule has 0 aromatic heterocycles. The molecule has 0 saturated carbocycles. The van der Waals surface area contributed by atoms with Gasteiger partial charge in [-0.15, -0.1) is 0 Å². The van der Waals surface area contributed by atoms with Crippen LogP contribution >= 0.6 is 15.9 Å². The first-order valence-corrected chi connectivity index (χ1v) is 3.86. The van der Waals surface area contributed by atoms with E-state index in [9.17, 15) is 0 Å². The fourth-order valence-electron chi connectivity index (χ4n) is 0.802. The molecule has 1 aromatic rings. The van der Waals surface area contributed by atoms with Crippen molar-refractivity contribution in [1.29, 1.82) is 0 Å². The largest absolute Gasteiger partial charge is 0.392 e. The van der Waals surface area contributed by atoms with Crippen molar-refractivity contribution in [2.75, 3.05) is 0 Å². The van der Waals surface area contributed by atoms with Gasteiger partial charge in [-0.05, 0) is 23.3 Å². The Kier molecular flexibility index (Phi) is 2.16. The summed E-state index contributed by atoms with van der Waals surface area (Å²) in [4.78, 5) is 0. The highest BCUT2D eigenvalue weighted by atomic mass is 79.9. The van der Waals surface area contributed by atoms with Crippen LogP contribution in [0, 0.1) is 0 Å². The van der Waals surface area contributed by atoms with E-state index in [2.05, 4.69) is 15.9 Å². The summed E-state index contributed by atoms with van der Waals surface area (Å²) in [5.41, 5.74) is 0.472. The second-order valence-electron chi connectivity index (χ2n) is 2.07. The van der Waals surface area contributed by atoms with Crippen molar-refractivity contribution < 1.29 is 13.0 Å². The second kappa shape index (κ2) is 3.85. The Morgan fingerprint density at radius 1 is 1.36 bits per heavy atom. The first kappa shape index (κ1) is 6.17. The lowest BCUT2D eigenvalue weighted by Gasteiger charge is -2.03. The molecule has 0 spiro atoms. The van der Waals surface area contributed by atoms with E-state index in [4.69, 9.17) is 13.0 Å². The molecule has 0 heterocycles. The molecule has 0 unspecified atom stereocenters. The summed E-state index contributed by atoms with van der Waals surface area (Å²) in [7, 11) is 0. The standard InChI is InChI=1S/C8H9BrO2/c9-8-2-1-6(4-10)7(3-8)5-11/h1-3,10-11H,4-5H2/i4D2. The van der Waals surface area contributed by atoms with Crippen LogP contribution in [0.15, 0.2) is 22.7 Å². The monoisotopic (exact) mass is 218 g/mol. The molecule has 0 saturated heterocycles. The molecule has 1 rings (SSSR count). The number of benzene rings is 1. The summed E-state index contributed by atoms with van der Waals surface area (Å²) in [5, 5.41) is 18.0. The molecule has 0 bridgehead atoms. The second-order valence-corrected chi connectivity index (χ2v) is 2.99. The van der Waals surface area contributed by atoms with Crippen LogP contribution < -0.4 is 0 Å². The Morgan fingerprint density at radius 2 is 2.09 bits per heavy atom. The summed E-state index contributed by atoms with van der Waals surface area (Å²) >= 11 is 3.19. The van der Waals surface area contributed by atoms with Gasteiger partial charge >= 0.3 is 0 Å². The SMILES string of the molecule is [2H]C([2H])(O)c1ccc(Br)cc1CO. The van der Waals surface area contributed by atoms with Gasteiger partial charge in [0.2, 0.25) is 0 Å². The van der Waals surface area contributed by atoms with Gasteiger partial charge in [-0.3, -0.25) is 0 Å². The van der Waals surface area contributed by atoms with Gasteiger partial charge in [0.1, 0.15) is 0 Å². The molecule has 3 heteroatoms.